The molecule has 0 radical (unpaired) electrons. The van der Waals surface area contributed by atoms with E-state index in [1.807, 2.05) is 14.0 Å². The average Bonchev–Trinajstić information content (AvgIpc) is 2.53. The molecule has 0 aliphatic heterocycles. The van der Waals surface area contributed by atoms with Crippen LogP contribution in [0.4, 0.5) is 0 Å². The fourth-order valence-corrected chi connectivity index (χ4v) is 2.72. The SMILES string of the molecule is COC(C(Cc1c(Cl)c(C)nn1C)NN)C(C)(C)C. The van der Waals surface area contributed by atoms with E-state index in [0.29, 0.717) is 11.4 Å². The lowest BCUT2D eigenvalue weighted by molar-refractivity contribution is -0.0114. The summed E-state index contributed by atoms with van der Waals surface area (Å²) in [6, 6.07) is -0.0303. The summed E-state index contributed by atoms with van der Waals surface area (Å²) in [5.74, 6) is 5.70. The van der Waals surface area contributed by atoms with Gasteiger partial charge in [0.15, 0.2) is 0 Å². The van der Waals surface area contributed by atoms with Crippen LogP contribution in [0.3, 0.4) is 0 Å². The fraction of sp³-hybridized carbons (Fsp3) is 0.769. The van der Waals surface area contributed by atoms with E-state index in [9.17, 15) is 0 Å². The molecule has 3 N–H and O–H groups in total. The molecule has 1 aromatic heterocycles. The molecular weight excluding hydrogens is 264 g/mol. The Bertz CT molecular complexity index is 425. The number of aryl methyl sites for hydroxylation is 2. The minimum absolute atomic E-state index is 0.0219. The van der Waals surface area contributed by atoms with Crippen molar-refractivity contribution in [3.8, 4) is 0 Å². The van der Waals surface area contributed by atoms with Gasteiger partial charge in [-0.2, -0.15) is 5.10 Å². The summed E-state index contributed by atoms with van der Waals surface area (Å²) >= 11 is 6.28. The lowest BCUT2D eigenvalue weighted by atomic mass is 9.83. The van der Waals surface area contributed by atoms with E-state index in [1.54, 1.807) is 11.8 Å². The zero-order valence-electron chi connectivity index (χ0n) is 12.6. The van der Waals surface area contributed by atoms with Gasteiger partial charge in [-0.3, -0.25) is 16.0 Å². The van der Waals surface area contributed by atoms with Gasteiger partial charge >= 0.3 is 0 Å². The average molecular weight is 289 g/mol. The number of ether oxygens (including phenoxy) is 1. The molecule has 0 saturated carbocycles. The molecule has 0 aliphatic rings. The third-order valence-electron chi connectivity index (χ3n) is 3.36. The second-order valence-corrected chi connectivity index (χ2v) is 6.35. The van der Waals surface area contributed by atoms with Gasteiger partial charge in [0.1, 0.15) is 0 Å². The fourth-order valence-electron chi connectivity index (χ4n) is 2.48. The number of nitrogens with zero attached hydrogens (tertiary/aromatic N) is 2. The first kappa shape index (κ1) is 16.4. The highest BCUT2D eigenvalue weighted by atomic mass is 35.5. The summed E-state index contributed by atoms with van der Waals surface area (Å²) in [6.07, 6.45) is 0.645. The van der Waals surface area contributed by atoms with Gasteiger partial charge in [0, 0.05) is 20.6 Å². The second kappa shape index (κ2) is 6.22. The molecule has 1 heterocycles. The summed E-state index contributed by atoms with van der Waals surface area (Å²) in [6.45, 7) is 8.28. The van der Waals surface area contributed by atoms with Crippen molar-refractivity contribution in [2.24, 2.45) is 18.3 Å². The van der Waals surface area contributed by atoms with E-state index >= 15 is 0 Å². The summed E-state index contributed by atoms with van der Waals surface area (Å²) in [7, 11) is 3.59. The van der Waals surface area contributed by atoms with Crippen molar-refractivity contribution in [2.75, 3.05) is 7.11 Å². The van der Waals surface area contributed by atoms with E-state index in [1.165, 1.54) is 0 Å². The zero-order valence-corrected chi connectivity index (χ0v) is 13.4. The van der Waals surface area contributed by atoms with Crippen LogP contribution < -0.4 is 11.3 Å². The van der Waals surface area contributed by atoms with Gasteiger partial charge in [0.25, 0.3) is 0 Å². The summed E-state index contributed by atoms with van der Waals surface area (Å²) < 4.78 is 7.41. The Hall–Kier alpha value is -0.620. The van der Waals surface area contributed by atoms with Crippen LogP contribution in [0, 0.1) is 12.3 Å². The van der Waals surface area contributed by atoms with Crippen molar-refractivity contribution in [2.45, 2.75) is 46.3 Å². The molecule has 0 bridgehead atoms. The van der Waals surface area contributed by atoms with Crippen molar-refractivity contribution in [1.29, 1.82) is 0 Å². The van der Waals surface area contributed by atoms with Gasteiger partial charge in [-0.1, -0.05) is 32.4 Å². The molecule has 0 amide bonds. The van der Waals surface area contributed by atoms with Crippen LogP contribution in [0.25, 0.3) is 0 Å². The number of methoxy groups -OCH3 is 1. The minimum Gasteiger partial charge on any atom is -0.379 e. The smallest absolute Gasteiger partial charge is 0.0847 e. The van der Waals surface area contributed by atoms with Crippen LogP contribution in [0.1, 0.15) is 32.2 Å². The van der Waals surface area contributed by atoms with Gasteiger partial charge in [-0.15, -0.1) is 0 Å². The molecule has 6 heteroatoms. The Morgan fingerprint density at radius 3 is 2.37 bits per heavy atom. The third-order valence-corrected chi connectivity index (χ3v) is 3.85. The van der Waals surface area contributed by atoms with Crippen LogP contribution in [0.15, 0.2) is 0 Å². The molecule has 19 heavy (non-hydrogen) atoms. The normalized spacial score (nSPS) is 15.6. The van der Waals surface area contributed by atoms with Crippen molar-refractivity contribution < 1.29 is 4.74 Å². The Kier molecular flexibility index (Phi) is 5.38. The van der Waals surface area contributed by atoms with E-state index in [0.717, 1.165) is 11.4 Å². The lowest BCUT2D eigenvalue weighted by Gasteiger charge is -2.35. The van der Waals surface area contributed by atoms with Gasteiger partial charge in [-0.05, 0) is 12.3 Å². The van der Waals surface area contributed by atoms with E-state index < -0.39 is 0 Å². The first-order valence-corrected chi connectivity index (χ1v) is 6.77. The molecule has 0 fully saturated rings. The molecule has 2 atom stereocenters. The molecule has 0 spiro atoms. The first-order chi connectivity index (χ1) is 8.72. The van der Waals surface area contributed by atoms with Gasteiger partial charge in [0.2, 0.25) is 0 Å². The Morgan fingerprint density at radius 1 is 1.47 bits per heavy atom. The number of aromatic nitrogens is 2. The van der Waals surface area contributed by atoms with Crippen molar-refractivity contribution >= 4 is 11.6 Å². The predicted molar refractivity (Wildman–Crippen MR) is 78.0 cm³/mol. The molecule has 0 saturated heterocycles. The van der Waals surface area contributed by atoms with E-state index in [2.05, 4.69) is 31.3 Å². The monoisotopic (exact) mass is 288 g/mol. The van der Waals surface area contributed by atoms with Crippen LogP contribution in [-0.4, -0.2) is 29.0 Å². The molecule has 5 nitrogen and oxygen atoms in total. The lowest BCUT2D eigenvalue weighted by Crippen LogP contribution is -2.51. The van der Waals surface area contributed by atoms with Crippen LogP contribution in [0.2, 0.25) is 5.02 Å². The third kappa shape index (κ3) is 3.69. The molecule has 1 aromatic rings. The van der Waals surface area contributed by atoms with Crippen molar-refractivity contribution in [1.82, 2.24) is 15.2 Å². The standard InChI is InChI=1S/C13H25ClN4O/c1-8-11(14)10(18(5)17-8)7-9(16-15)12(19-6)13(2,3)4/h9,12,16H,7,15H2,1-6H3. The minimum atomic E-state index is -0.0303. The van der Waals surface area contributed by atoms with E-state index in [-0.39, 0.29) is 17.6 Å². The van der Waals surface area contributed by atoms with Crippen LogP contribution >= 0.6 is 11.6 Å². The molecule has 110 valence electrons. The number of halogens is 1. The van der Waals surface area contributed by atoms with Gasteiger partial charge in [-0.25, -0.2) is 0 Å². The molecular formula is C13H25ClN4O. The number of hydrogen-bond donors (Lipinski definition) is 2. The number of rotatable bonds is 5. The summed E-state index contributed by atoms with van der Waals surface area (Å²) in [4.78, 5) is 0. The molecule has 0 aliphatic carbocycles. The number of nitrogens with one attached hydrogen (secondary N) is 1. The zero-order chi connectivity index (χ0) is 14.8. The van der Waals surface area contributed by atoms with Crippen molar-refractivity contribution in [3.05, 3.63) is 16.4 Å². The van der Waals surface area contributed by atoms with Gasteiger partial charge in [0.05, 0.1) is 28.6 Å². The number of hydrazine groups is 1. The molecule has 2 unspecified atom stereocenters. The highest BCUT2D eigenvalue weighted by Gasteiger charge is 2.33. The summed E-state index contributed by atoms with van der Waals surface area (Å²) in [5.41, 5.74) is 4.62. The van der Waals surface area contributed by atoms with Gasteiger partial charge < -0.3 is 4.74 Å². The highest BCUT2D eigenvalue weighted by Crippen LogP contribution is 2.28. The maximum Gasteiger partial charge on any atom is 0.0847 e. The second-order valence-electron chi connectivity index (χ2n) is 5.97. The molecule has 0 aromatic carbocycles. The Balaban J connectivity index is 2.99. The largest absolute Gasteiger partial charge is 0.379 e. The van der Waals surface area contributed by atoms with Crippen LogP contribution in [-0.2, 0) is 18.2 Å². The molecule has 1 rings (SSSR count). The first-order valence-electron chi connectivity index (χ1n) is 6.39. The van der Waals surface area contributed by atoms with E-state index in [4.69, 9.17) is 22.2 Å². The topological polar surface area (TPSA) is 65.1 Å². The number of hydrogen-bond acceptors (Lipinski definition) is 4. The quantitative estimate of drug-likeness (QED) is 0.641. The predicted octanol–water partition coefficient (Wildman–Crippen LogP) is 1.82. The Morgan fingerprint density at radius 2 is 2.05 bits per heavy atom. The summed E-state index contributed by atoms with van der Waals surface area (Å²) in [5, 5.41) is 5.02. The van der Waals surface area contributed by atoms with Crippen LogP contribution in [0.5, 0.6) is 0 Å². The number of nitrogens with two attached hydrogens (primary N) is 1. The maximum absolute atomic E-state index is 6.28. The highest BCUT2D eigenvalue weighted by molar-refractivity contribution is 6.31. The van der Waals surface area contributed by atoms with Crippen molar-refractivity contribution in [3.63, 3.8) is 0 Å². The maximum atomic E-state index is 6.28. The Labute approximate surface area is 120 Å².